The Balaban J connectivity index is 1.79. The number of hydrogen-bond donors (Lipinski definition) is 2. The van der Waals surface area contributed by atoms with E-state index in [9.17, 15) is 19.5 Å². The number of H-pyrrole nitrogens is 1. The van der Waals surface area contributed by atoms with Gasteiger partial charge in [0.25, 0.3) is 0 Å². The number of rotatable bonds is 2. The Kier molecular flexibility index (Phi) is 4.01. The normalized spacial score (nSPS) is 17.6. The fourth-order valence-corrected chi connectivity index (χ4v) is 6.02. The zero-order valence-electron chi connectivity index (χ0n) is 15.0. The first-order valence-corrected chi connectivity index (χ1v) is 10.3. The minimum absolute atomic E-state index is 0.0329. The number of methoxy groups -OCH3 is 1. The van der Waals surface area contributed by atoms with Crippen LogP contribution in [0.5, 0.6) is 11.5 Å². The predicted octanol–water partition coefficient (Wildman–Crippen LogP) is 3.72. The number of hydrogen-bond acceptors (Lipinski definition) is 7. The van der Waals surface area contributed by atoms with Crippen molar-refractivity contribution in [2.45, 2.75) is 10.9 Å². The van der Waals surface area contributed by atoms with Gasteiger partial charge in [-0.1, -0.05) is 53.4 Å². The molecule has 0 saturated heterocycles. The molecule has 2 aromatic carbocycles. The lowest BCUT2D eigenvalue weighted by molar-refractivity contribution is 0.0977. The second-order valence-corrected chi connectivity index (χ2v) is 8.66. The minimum atomic E-state index is -0.607. The number of Topliss-reactive ketones (excluding diaryl/α,β-unsaturated/α-hetero) is 2. The quantitative estimate of drug-likeness (QED) is 0.652. The van der Waals surface area contributed by atoms with Crippen LogP contribution in [0.2, 0.25) is 0 Å². The molecule has 2 N–H and O–H groups in total. The molecule has 2 heterocycles. The summed E-state index contributed by atoms with van der Waals surface area (Å²) in [6.07, 6.45) is 0. The molecule has 2 aliphatic rings. The summed E-state index contributed by atoms with van der Waals surface area (Å²) < 4.78 is 5.22. The van der Waals surface area contributed by atoms with E-state index in [4.69, 9.17) is 4.74 Å². The molecule has 0 radical (unpaired) electrons. The predicted molar refractivity (Wildman–Crippen MR) is 109 cm³/mol. The Morgan fingerprint density at radius 2 is 1.76 bits per heavy atom. The highest BCUT2D eigenvalue weighted by Crippen LogP contribution is 2.52. The van der Waals surface area contributed by atoms with Crippen molar-refractivity contribution in [3.63, 3.8) is 0 Å². The number of phenols is 1. The summed E-state index contributed by atoms with van der Waals surface area (Å²) in [5, 5.41) is 10.5. The topological polar surface area (TPSA) is 96.5 Å². The molecule has 0 unspecified atom stereocenters. The van der Waals surface area contributed by atoms with Gasteiger partial charge < -0.3 is 14.8 Å². The van der Waals surface area contributed by atoms with Gasteiger partial charge in [-0.05, 0) is 17.7 Å². The summed E-state index contributed by atoms with van der Waals surface area (Å²) in [5.41, 5.74) is 1.74. The molecule has 0 fully saturated rings. The third-order valence-corrected chi connectivity index (χ3v) is 7.26. The number of carbonyl (C=O) groups is 2. The average Bonchev–Trinajstić information content (AvgIpc) is 3.11. The Bertz CT molecular complexity index is 1300. The van der Waals surface area contributed by atoms with Gasteiger partial charge in [0.05, 0.1) is 27.8 Å². The molecule has 1 aliphatic heterocycles. The second-order valence-electron chi connectivity index (χ2n) is 6.62. The maximum absolute atomic E-state index is 13.4. The number of allylic oxidation sites excluding steroid dienone is 2. The van der Waals surface area contributed by atoms with E-state index in [1.807, 2.05) is 0 Å². The van der Waals surface area contributed by atoms with Crippen molar-refractivity contribution in [2.24, 2.45) is 0 Å². The Labute approximate surface area is 172 Å². The van der Waals surface area contributed by atoms with Crippen LogP contribution in [0.1, 0.15) is 37.1 Å². The number of aromatic amines is 1. The molecule has 0 saturated carbocycles. The van der Waals surface area contributed by atoms with Gasteiger partial charge in [0, 0.05) is 16.7 Å². The van der Waals surface area contributed by atoms with Crippen molar-refractivity contribution in [3.05, 3.63) is 84.2 Å². The van der Waals surface area contributed by atoms with Gasteiger partial charge in [0.2, 0.25) is 5.78 Å². The molecule has 0 spiro atoms. The standard InChI is InChI=1S/C21H13NO5S2/c1-27-13-8-9(6-7-12(13)23)14-15-16(24)10-4-2-3-5-11(10)17(25)18(15)28-20-19(14)29-21(26)22-20/h2-8,14,23H,1H3,(H,22,26)/t14-/m0/s1. The molecule has 6 nitrogen and oxygen atoms in total. The number of aromatic nitrogens is 1. The molecule has 0 bridgehead atoms. The van der Waals surface area contributed by atoms with Crippen molar-refractivity contribution >= 4 is 34.7 Å². The summed E-state index contributed by atoms with van der Waals surface area (Å²) >= 11 is 2.15. The number of phenolic OH excluding ortho intramolecular Hbond substituents is 1. The zero-order valence-corrected chi connectivity index (χ0v) is 16.6. The largest absolute Gasteiger partial charge is 0.504 e. The van der Waals surface area contributed by atoms with Gasteiger partial charge in [-0.2, -0.15) is 0 Å². The van der Waals surface area contributed by atoms with E-state index < -0.39 is 5.92 Å². The molecule has 144 valence electrons. The number of ether oxygens (including phenoxy) is 1. The highest BCUT2D eigenvalue weighted by Gasteiger charge is 2.43. The Morgan fingerprint density at radius 1 is 1.03 bits per heavy atom. The molecule has 1 atom stereocenters. The SMILES string of the molecule is COc1cc([C@H]2C3=C(Sc4[nH]c(=O)sc42)C(=O)c2ccccc2C3=O)ccc1O. The van der Waals surface area contributed by atoms with E-state index in [1.54, 1.807) is 36.4 Å². The molecule has 3 aromatic rings. The number of benzene rings is 2. The Morgan fingerprint density at radius 3 is 2.48 bits per heavy atom. The van der Waals surface area contributed by atoms with Crippen LogP contribution in [0.25, 0.3) is 0 Å². The second kappa shape index (κ2) is 6.47. The highest BCUT2D eigenvalue weighted by atomic mass is 32.2. The minimum Gasteiger partial charge on any atom is -0.504 e. The summed E-state index contributed by atoms with van der Waals surface area (Å²) in [7, 11) is 1.44. The van der Waals surface area contributed by atoms with Crippen LogP contribution in [0, 0.1) is 0 Å². The van der Waals surface area contributed by atoms with Crippen LogP contribution >= 0.6 is 23.1 Å². The fourth-order valence-electron chi connectivity index (χ4n) is 3.75. The van der Waals surface area contributed by atoms with Gasteiger partial charge in [0.15, 0.2) is 17.3 Å². The lowest BCUT2D eigenvalue weighted by Crippen LogP contribution is -2.27. The summed E-state index contributed by atoms with van der Waals surface area (Å²) in [5.74, 6) is -0.846. The first-order chi connectivity index (χ1) is 14.0. The molecule has 8 heteroatoms. The van der Waals surface area contributed by atoms with Crippen molar-refractivity contribution in [1.82, 2.24) is 4.98 Å². The number of aromatic hydroxyl groups is 1. The lowest BCUT2D eigenvalue weighted by Gasteiger charge is -2.30. The molecule has 0 amide bonds. The van der Waals surface area contributed by atoms with Crippen LogP contribution in [0.4, 0.5) is 0 Å². The van der Waals surface area contributed by atoms with Gasteiger partial charge in [0.1, 0.15) is 0 Å². The van der Waals surface area contributed by atoms with Crippen LogP contribution in [0.15, 0.2) is 62.8 Å². The van der Waals surface area contributed by atoms with Crippen LogP contribution in [-0.4, -0.2) is 28.8 Å². The number of thiazole rings is 1. The number of thioether (sulfide) groups is 1. The number of fused-ring (bicyclic) bond motifs is 2. The number of nitrogens with one attached hydrogen (secondary N) is 1. The Hall–Kier alpha value is -3.10. The van der Waals surface area contributed by atoms with Gasteiger partial charge >= 0.3 is 4.87 Å². The molecule has 29 heavy (non-hydrogen) atoms. The van der Waals surface area contributed by atoms with Crippen molar-refractivity contribution < 1.29 is 19.4 Å². The number of carbonyl (C=O) groups excluding carboxylic acids is 2. The smallest absolute Gasteiger partial charge is 0.305 e. The monoisotopic (exact) mass is 423 g/mol. The fraction of sp³-hybridized carbons (Fsp3) is 0.0952. The van der Waals surface area contributed by atoms with E-state index in [2.05, 4.69) is 4.98 Å². The van der Waals surface area contributed by atoms with Crippen molar-refractivity contribution in [3.8, 4) is 11.5 Å². The molecular formula is C21H13NO5S2. The number of ketones is 2. The third kappa shape index (κ3) is 2.60. The third-order valence-electron chi connectivity index (χ3n) is 5.05. The van der Waals surface area contributed by atoms with Gasteiger partial charge in [-0.25, -0.2) is 0 Å². The van der Waals surface area contributed by atoms with E-state index in [0.717, 1.165) is 23.1 Å². The van der Waals surface area contributed by atoms with Crippen molar-refractivity contribution in [1.29, 1.82) is 0 Å². The summed E-state index contributed by atoms with van der Waals surface area (Å²) in [6, 6.07) is 11.5. The van der Waals surface area contributed by atoms with E-state index in [1.165, 1.54) is 13.2 Å². The summed E-state index contributed by atoms with van der Waals surface area (Å²) in [6.45, 7) is 0. The van der Waals surface area contributed by atoms with Crippen molar-refractivity contribution in [2.75, 3.05) is 7.11 Å². The maximum atomic E-state index is 13.4. The van der Waals surface area contributed by atoms with Gasteiger partial charge in [-0.15, -0.1) is 0 Å². The lowest BCUT2D eigenvalue weighted by atomic mass is 9.79. The van der Waals surface area contributed by atoms with E-state index in [0.29, 0.717) is 37.1 Å². The van der Waals surface area contributed by atoms with E-state index >= 15 is 0 Å². The van der Waals surface area contributed by atoms with Crippen LogP contribution < -0.4 is 9.61 Å². The molecule has 1 aliphatic carbocycles. The maximum Gasteiger partial charge on any atom is 0.305 e. The van der Waals surface area contributed by atoms with Crippen LogP contribution in [-0.2, 0) is 0 Å². The van der Waals surface area contributed by atoms with Gasteiger partial charge in [-0.3, -0.25) is 14.4 Å². The van der Waals surface area contributed by atoms with E-state index in [-0.39, 0.29) is 27.9 Å². The first kappa shape index (κ1) is 18.0. The summed E-state index contributed by atoms with van der Waals surface area (Å²) in [4.78, 5) is 42.2. The van der Waals surface area contributed by atoms with Crippen LogP contribution in [0.3, 0.4) is 0 Å². The molecular weight excluding hydrogens is 410 g/mol. The average molecular weight is 423 g/mol. The first-order valence-electron chi connectivity index (χ1n) is 8.70. The molecule has 5 rings (SSSR count). The zero-order chi connectivity index (χ0) is 20.3. The highest BCUT2D eigenvalue weighted by molar-refractivity contribution is 8.04. The molecule has 1 aromatic heterocycles.